The van der Waals surface area contributed by atoms with Crippen molar-refractivity contribution in [1.82, 2.24) is 19.9 Å². The Hall–Kier alpha value is -7.30. The Kier molecular flexibility index (Phi) is 7.48. The second-order valence-electron chi connectivity index (χ2n) is 15.0. The minimum atomic E-state index is -0.486. The second-order valence-corrected chi connectivity index (χ2v) is 15.0. The Balaban J connectivity index is 1.23. The van der Waals surface area contributed by atoms with Crippen molar-refractivity contribution in [3.63, 3.8) is 0 Å². The van der Waals surface area contributed by atoms with Crippen molar-refractivity contribution < 1.29 is 0 Å². The van der Waals surface area contributed by atoms with E-state index in [1.807, 2.05) is 43.3 Å². The van der Waals surface area contributed by atoms with Crippen LogP contribution in [-0.4, -0.2) is 19.9 Å². The fourth-order valence-electron chi connectivity index (χ4n) is 9.41. The highest BCUT2D eigenvalue weighted by Gasteiger charge is 2.52. The number of fused-ring (bicyclic) bond motifs is 10. The number of hydrogen-bond donors (Lipinski definition) is 0. The molecule has 0 saturated carbocycles. The van der Waals surface area contributed by atoms with Crippen LogP contribution in [0, 0.1) is 13.8 Å². The van der Waals surface area contributed by atoms with Crippen LogP contribution >= 0.6 is 0 Å². The molecule has 4 heteroatoms. The predicted octanol–water partition coefficient (Wildman–Crippen LogP) is 12.6. The van der Waals surface area contributed by atoms with E-state index in [4.69, 9.17) is 19.9 Å². The molecule has 0 radical (unpaired) electrons. The maximum absolute atomic E-state index is 5.28. The van der Waals surface area contributed by atoms with E-state index in [1.54, 1.807) is 0 Å². The van der Waals surface area contributed by atoms with Gasteiger partial charge in [0, 0.05) is 39.2 Å². The first-order chi connectivity index (χ1) is 28.1. The summed E-state index contributed by atoms with van der Waals surface area (Å²) in [5.41, 5.74) is 19.0. The summed E-state index contributed by atoms with van der Waals surface area (Å²) < 4.78 is 0. The summed E-state index contributed by atoms with van der Waals surface area (Å²) in [5.74, 6) is 1.91. The standard InChI is InChI=1S/C53H36N4/c1-33-25-30-39(34(2)54-33)35-26-28-36(29-27-35)48-43(52-56-50(37-15-5-3-6-16-37)55-51(57-52)38-17-7-4-8-18-38)31-32-47-49(48)42-21-11-14-24-46(42)53(47)44-22-12-9-19-40(44)41-20-10-13-23-45(41)53/h3-32H,1-2H3. The third-order valence-corrected chi connectivity index (χ3v) is 11.8. The van der Waals surface area contributed by atoms with E-state index < -0.39 is 5.41 Å². The zero-order chi connectivity index (χ0) is 38.1. The van der Waals surface area contributed by atoms with Gasteiger partial charge in [-0.05, 0) is 75.5 Å². The molecule has 1 spiro atoms. The van der Waals surface area contributed by atoms with Crippen molar-refractivity contribution in [3.05, 3.63) is 216 Å². The van der Waals surface area contributed by atoms with Crippen LogP contribution < -0.4 is 0 Å². The molecule has 7 aromatic carbocycles. The molecule has 0 unspecified atom stereocenters. The largest absolute Gasteiger partial charge is 0.258 e. The zero-order valence-electron chi connectivity index (χ0n) is 31.6. The molecule has 0 aliphatic heterocycles. The molecule has 0 atom stereocenters. The lowest BCUT2D eigenvalue weighted by Crippen LogP contribution is -2.25. The molecular weight excluding hydrogens is 693 g/mol. The van der Waals surface area contributed by atoms with Gasteiger partial charge in [-0.15, -0.1) is 0 Å². The first kappa shape index (κ1) is 33.1. The van der Waals surface area contributed by atoms with E-state index in [-0.39, 0.29) is 0 Å². The molecule has 2 aromatic heterocycles. The van der Waals surface area contributed by atoms with Gasteiger partial charge in [0.1, 0.15) is 0 Å². The van der Waals surface area contributed by atoms with Crippen LogP contribution in [0.3, 0.4) is 0 Å². The number of aryl methyl sites for hydroxylation is 2. The molecular formula is C53H36N4. The lowest BCUT2D eigenvalue weighted by molar-refractivity contribution is 0.794. The molecule has 0 N–H and O–H groups in total. The highest BCUT2D eigenvalue weighted by Crippen LogP contribution is 2.64. The van der Waals surface area contributed by atoms with Crippen molar-refractivity contribution in [2.45, 2.75) is 19.3 Å². The Bertz CT molecular complexity index is 2920. The van der Waals surface area contributed by atoms with E-state index in [0.717, 1.165) is 50.3 Å². The van der Waals surface area contributed by atoms with Gasteiger partial charge in [-0.2, -0.15) is 0 Å². The monoisotopic (exact) mass is 728 g/mol. The summed E-state index contributed by atoms with van der Waals surface area (Å²) in [6, 6.07) is 65.1. The van der Waals surface area contributed by atoms with Crippen LogP contribution in [0.15, 0.2) is 182 Å². The zero-order valence-corrected chi connectivity index (χ0v) is 31.6. The number of benzene rings is 7. The van der Waals surface area contributed by atoms with Crippen LogP contribution in [0.2, 0.25) is 0 Å². The summed E-state index contributed by atoms with van der Waals surface area (Å²) in [5, 5.41) is 0. The smallest absolute Gasteiger partial charge is 0.164 e. The SMILES string of the molecule is Cc1ccc(-c2ccc(-c3c(-c4nc(-c5ccccc5)nc(-c5ccccc5)n4)ccc4c3-c3ccccc3C43c4ccccc4-c4ccccc43)cc2)c(C)n1. The Morgan fingerprint density at radius 1 is 0.298 bits per heavy atom. The number of rotatable bonds is 5. The molecule has 57 heavy (non-hydrogen) atoms. The normalized spacial score (nSPS) is 12.9. The molecule has 0 fully saturated rings. The third-order valence-electron chi connectivity index (χ3n) is 11.8. The quantitative estimate of drug-likeness (QED) is 0.177. The minimum Gasteiger partial charge on any atom is -0.258 e. The van der Waals surface area contributed by atoms with Gasteiger partial charge in [-0.3, -0.25) is 4.98 Å². The topological polar surface area (TPSA) is 51.6 Å². The third kappa shape index (κ3) is 5.00. The summed E-state index contributed by atoms with van der Waals surface area (Å²) in [6.07, 6.45) is 0. The van der Waals surface area contributed by atoms with Crippen LogP contribution in [0.5, 0.6) is 0 Å². The second kappa shape index (κ2) is 12.9. The van der Waals surface area contributed by atoms with Crippen LogP contribution in [0.1, 0.15) is 33.6 Å². The highest BCUT2D eigenvalue weighted by molar-refractivity contribution is 6.03. The van der Waals surface area contributed by atoms with Gasteiger partial charge in [-0.25, -0.2) is 15.0 Å². The lowest BCUT2D eigenvalue weighted by atomic mass is 9.70. The molecule has 0 amide bonds. The molecule has 2 aliphatic carbocycles. The maximum atomic E-state index is 5.28. The molecule has 0 saturated heterocycles. The maximum Gasteiger partial charge on any atom is 0.164 e. The van der Waals surface area contributed by atoms with Crippen molar-refractivity contribution in [1.29, 1.82) is 0 Å². The van der Waals surface area contributed by atoms with E-state index in [0.29, 0.717) is 17.5 Å². The lowest BCUT2D eigenvalue weighted by Gasteiger charge is -2.30. The van der Waals surface area contributed by atoms with Gasteiger partial charge in [-0.1, -0.05) is 176 Å². The van der Waals surface area contributed by atoms with Gasteiger partial charge < -0.3 is 0 Å². The van der Waals surface area contributed by atoms with Crippen molar-refractivity contribution in [3.8, 4) is 78.7 Å². The van der Waals surface area contributed by atoms with E-state index >= 15 is 0 Å². The van der Waals surface area contributed by atoms with Gasteiger partial charge in [0.15, 0.2) is 17.5 Å². The van der Waals surface area contributed by atoms with E-state index in [9.17, 15) is 0 Å². The van der Waals surface area contributed by atoms with E-state index in [2.05, 4.69) is 153 Å². The Morgan fingerprint density at radius 3 is 1.35 bits per heavy atom. The minimum absolute atomic E-state index is 0.486. The Morgan fingerprint density at radius 2 is 0.772 bits per heavy atom. The average molecular weight is 729 g/mol. The molecule has 268 valence electrons. The molecule has 4 nitrogen and oxygen atoms in total. The molecule has 2 aliphatic rings. The van der Waals surface area contributed by atoms with Crippen molar-refractivity contribution >= 4 is 0 Å². The fraction of sp³-hybridized carbons (Fsp3) is 0.0566. The van der Waals surface area contributed by atoms with Gasteiger partial charge in [0.25, 0.3) is 0 Å². The number of hydrogen-bond acceptors (Lipinski definition) is 4. The molecule has 0 bridgehead atoms. The molecule has 9 aromatic rings. The fourth-order valence-corrected chi connectivity index (χ4v) is 9.41. The predicted molar refractivity (Wildman–Crippen MR) is 231 cm³/mol. The van der Waals surface area contributed by atoms with Crippen molar-refractivity contribution in [2.75, 3.05) is 0 Å². The van der Waals surface area contributed by atoms with Crippen LogP contribution in [0.25, 0.3) is 78.7 Å². The highest BCUT2D eigenvalue weighted by atomic mass is 15.0. The first-order valence-corrected chi connectivity index (χ1v) is 19.5. The summed E-state index contributed by atoms with van der Waals surface area (Å²) >= 11 is 0. The summed E-state index contributed by atoms with van der Waals surface area (Å²) in [4.78, 5) is 20.4. The number of nitrogens with zero attached hydrogens (tertiary/aromatic N) is 4. The van der Waals surface area contributed by atoms with Gasteiger partial charge in [0.05, 0.1) is 5.41 Å². The summed E-state index contributed by atoms with van der Waals surface area (Å²) in [6.45, 7) is 4.12. The van der Waals surface area contributed by atoms with Crippen LogP contribution in [-0.2, 0) is 5.41 Å². The molecule has 11 rings (SSSR count). The average Bonchev–Trinajstić information content (AvgIpc) is 3.74. The number of aromatic nitrogens is 4. The van der Waals surface area contributed by atoms with E-state index in [1.165, 1.54) is 44.5 Å². The first-order valence-electron chi connectivity index (χ1n) is 19.5. The summed E-state index contributed by atoms with van der Waals surface area (Å²) in [7, 11) is 0. The molecule has 2 heterocycles. The van der Waals surface area contributed by atoms with Crippen LogP contribution in [0.4, 0.5) is 0 Å². The van der Waals surface area contributed by atoms with Gasteiger partial charge >= 0.3 is 0 Å². The number of pyridine rings is 1. The van der Waals surface area contributed by atoms with Crippen molar-refractivity contribution in [2.24, 2.45) is 0 Å². The van der Waals surface area contributed by atoms with Gasteiger partial charge in [0.2, 0.25) is 0 Å². The Labute approximate surface area is 332 Å².